The summed E-state index contributed by atoms with van der Waals surface area (Å²) >= 11 is 0. The number of aliphatic hydroxyl groups excluding tert-OH is 4. The Bertz CT molecular complexity index is 797. The van der Waals surface area contributed by atoms with Crippen molar-refractivity contribution in [3.05, 3.63) is 0 Å². The molecule has 53 heavy (non-hydrogen) atoms. The maximum Gasteiger partial charge on any atom is 0.251 e. The fraction of sp³-hybridized carbons (Fsp3) is 0.951. The zero-order valence-electron chi connectivity index (χ0n) is 34.0. The van der Waals surface area contributed by atoms with Crippen molar-refractivity contribution < 1.29 is 30.0 Å². The van der Waals surface area contributed by atoms with Gasteiger partial charge in [0, 0.05) is 19.5 Å². The Balaban J connectivity index is 3.55. The van der Waals surface area contributed by atoms with Crippen LogP contribution in [0.15, 0.2) is 0 Å². The van der Waals surface area contributed by atoms with Crippen molar-refractivity contribution in [1.82, 2.24) is 21.3 Å². The minimum Gasteiger partial charge on any atom is -0.391 e. The van der Waals surface area contributed by atoms with E-state index in [2.05, 4.69) is 21.3 Å². The largest absolute Gasteiger partial charge is 0.391 e. The molecule has 0 unspecified atom stereocenters. The van der Waals surface area contributed by atoms with Gasteiger partial charge in [0.2, 0.25) is 5.91 Å². The minimum atomic E-state index is -1.76. The van der Waals surface area contributed by atoms with Gasteiger partial charge in [0.15, 0.2) is 6.10 Å². The van der Waals surface area contributed by atoms with Crippen molar-refractivity contribution in [2.24, 2.45) is 17.4 Å². The summed E-state index contributed by atoms with van der Waals surface area (Å²) in [4.78, 5) is 24.1. The third-order valence-corrected chi connectivity index (χ3v) is 10.2. The summed E-state index contributed by atoms with van der Waals surface area (Å²) in [7, 11) is 0. The molecule has 12 heteroatoms. The molecular formula is C41H86N6O6. The van der Waals surface area contributed by atoms with Crippen molar-refractivity contribution in [3.63, 3.8) is 0 Å². The van der Waals surface area contributed by atoms with Crippen molar-refractivity contribution in [3.8, 4) is 0 Å². The molecule has 0 aromatic rings. The van der Waals surface area contributed by atoms with Crippen LogP contribution in [0.1, 0.15) is 167 Å². The van der Waals surface area contributed by atoms with E-state index in [0.717, 1.165) is 110 Å². The second-order valence-electron chi connectivity index (χ2n) is 15.3. The van der Waals surface area contributed by atoms with Crippen LogP contribution in [-0.4, -0.2) is 109 Å². The molecule has 4 atom stereocenters. The van der Waals surface area contributed by atoms with E-state index in [1.807, 2.05) is 0 Å². The SMILES string of the molecule is C[C@@H](O)[C@@H](O)[C@H](O)[C@@H](O)C(=O)NCCCCCCCCCCCCCCCCCC(=O)NCCCCCCC(CNCCCCN)CNCCCCN. The van der Waals surface area contributed by atoms with Gasteiger partial charge in [-0.05, 0) is 103 Å². The van der Waals surface area contributed by atoms with Gasteiger partial charge in [-0.25, -0.2) is 0 Å². The number of hydrogen-bond donors (Lipinski definition) is 10. The zero-order chi connectivity index (χ0) is 39.2. The van der Waals surface area contributed by atoms with E-state index >= 15 is 0 Å². The average Bonchev–Trinajstić information content (AvgIpc) is 3.15. The molecule has 0 aromatic carbocycles. The molecule has 0 radical (unpaired) electrons. The Hall–Kier alpha value is -1.38. The molecule has 2 amide bonds. The molecule has 0 rings (SSSR count). The first-order chi connectivity index (χ1) is 25.7. The summed E-state index contributed by atoms with van der Waals surface area (Å²) in [5.74, 6) is 0.128. The van der Waals surface area contributed by atoms with E-state index in [0.29, 0.717) is 18.9 Å². The van der Waals surface area contributed by atoms with Crippen LogP contribution in [0.4, 0.5) is 0 Å². The maximum absolute atomic E-state index is 12.2. The first kappa shape index (κ1) is 51.6. The van der Waals surface area contributed by atoms with Crippen LogP contribution in [0.3, 0.4) is 0 Å². The van der Waals surface area contributed by atoms with Crippen LogP contribution < -0.4 is 32.7 Å². The van der Waals surface area contributed by atoms with Crippen LogP contribution in [-0.2, 0) is 9.59 Å². The third-order valence-electron chi connectivity index (χ3n) is 10.2. The second kappa shape index (κ2) is 38.9. The summed E-state index contributed by atoms with van der Waals surface area (Å²) in [5, 5.41) is 51.4. The average molecular weight is 759 g/mol. The lowest BCUT2D eigenvalue weighted by atomic mass is 10.00. The van der Waals surface area contributed by atoms with Gasteiger partial charge in [-0.3, -0.25) is 9.59 Å². The molecule has 0 heterocycles. The Morgan fingerprint density at radius 3 is 1.34 bits per heavy atom. The highest BCUT2D eigenvalue weighted by Gasteiger charge is 2.32. The molecule has 0 aromatic heterocycles. The number of nitrogens with two attached hydrogens (primary N) is 2. The van der Waals surface area contributed by atoms with Crippen molar-refractivity contribution >= 4 is 11.8 Å². The number of nitrogens with one attached hydrogen (secondary N) is 4. The predicted octanol–water partition coefficient (Wildman–Crippen LogP) is 4.15. The van der Waals surface area contributed by atoms with Crippen LogP contribution in [0, 0.1) is 5.92 Å². The Kier molecular flexibility index (Phi) is 37.9. The Morgan fingerprint density at radius 2 is 0.887 bits per heavy atom. The van der Waals surface area contributed by atoms with Crippen molar-refractivity contribution in [2.75, 3.05) is 52.4 Å². The van der Waals surface area contributed by atoms with E-state index in [-0.39, 0.29) is 5.91 Å². The monoisotopic (exact) mass is 759 g/mol. The highest BCUT2D eigenvalue weighted by Crippen LogP contribution is 2.14. The maximum atomic E-state index is 12.2. The molecule has 0 spiro atoms. The van der Waals surface area contributed by atoms with Crippen LogP contribution in [0.25, 0.3) is 0 Å². The Labute approximate surface area is 324 Å². The number of amides is 2. The van der Waals surface area contributed by atoms with E-state index in [1.165, 1.54) is 96.8 Å². The molecule has 0 aliphatic carbocycles. The van der Waals surface area contributed by atoms with Gasteiger partial charge in [-0.2, -0.15) is 0 Å². The molecule has 0 bridgehead atoms. The van der Waals surface area contributed by atoms with Crippen LogP contribution in [0.2, 0.25) is 0 Å². The van der Waals surface area contributed by atoms with Gasteiger partial charge in [0.1, 0.15) is 12.2 Å². The molecule has 12 N–H and O–H groups in total. The number of carbonyl (C=O) groups is 2. The molecule has 0 saturated carbocycles. The Morgan fingerprint density at radius 1 is 0.491 bits per heavy atom. The summed E-state index contributed by atoms with van der Waals surface area (Å²) in [6.07, 6.45) is 22.4. The fourth-order valence-corrected chi connectivity index (χ4v) is 6.56. The summed E-state index contributed by atoms with van der Waals surface area (Å²) in [6.45, 7) is 8.26. The lowest BCUT2D eigenvalue weighted by Gasteiger charge is -2.24. The highest BCUT2D eigenvalue weighted by molar-refractivity contribution is 5.81. The van der Waals surface area contributed by atoms with Crippen molar-refractivity contribution in [2.45, 2.75) is 192 Å². The van der Waals surface area contributed by atoms with E-state index in [1.54, 1.807) is 0 Å². The number of unbranched alkanes of at least 4 members (excludes halogenated alkanes) is 19. The standard InChI is InChI=1S/C41H86N6O6/c1-35(48)38(50)39(51)40(52)41(53)47-32-22-15-12-10-8-6-4-2-3-5-7-9-11-13-18-26-37(49)46-31-21-16-14-17-25-36(33-44-29-23-19-27-42)34-45-30-24-20-28-43/h35-36,38-40,44-45,48,50-52H,2-34,42-43H2,1H3,(H,46,49)(H,47,53)/t35-,38-,39+,40-/m1/s1. The summed E-state index contributed by atoms with van der Waals surface area (Å²) in [6, 6.07) is 0. The third kappa shape index (κ3) is 33.7. The van der Waals surface area contributed by atoms with Crippen LogP contribution >= 0.6 is 0 Å². The summed E-state index contributed by atoms with van der Waals surface area (Å²) < 4.78 is 0. The van der Waals surface area contributed by atoms with Crippen LogP contribution in [0.5, 0.6) is 0 Å². The molecule has 12 nitrogen and oxygen atoms in total. The van der Waals surface area contributed by atoms with Gasteiger partial charge >= 0.3 is 0 Å². The number of carbonyl (C=O) groups excluding carboxylic acids is 2. The quantitative estimate of drug-likeness (QED) is 0.0402. The lowest BCUT2D eigenvalue weighted by molar-refractivity contribution is -0.145. The number of hydrogen-bond acceptors (Lipinski definition) is 10. The first-order valence-corrected chi connectivity index (χ1v) is 21.8. The molecule has 0 saturated heterocycles. The van der Waals surface area contributed by atoms with Gasteiger partial charge in [0.05, 0.1) is 6.10 Å². The van der Waals surface area contributed by atoms with Gasteiger partial charge in [-0.1, -0.05) is 103 Å². The van der Waals surface area contributed by atoms with E-state index in [4.69, 9.17) is 11.5 Å². The first-order valence-electron chi connectivity index (χ1n) is 21.8. The highest BCUT2D eigenvalue weighted by atomic mass is 16.4. The molecule has 316 valence electrons. The molecule has 0 aliphatic heterocycles. The fourth-order valence-electron chi connectivity index (χ4n) is 6.56. The smallest absolute Gasteiger partial charge is 0.251 e. The van der Waals surface area contributed by atoms with Crippen molar-refractivity contribution in [1.29, 1.82) is 0 Å². The molecule has 0 fully saturated rings. The number of rotatable bonds is 41. The van der Waals surface area contributed by atoms with Gasteiger partial charge in [0.25, 0.3) is 5.91 Å². The molecule has 0 aliphatic rings. The van der Waals surface area contributed by atoms with Gasteiger partial charge < -0.3 is 53.2 Å². The van der Waals surface area contributed by atoms with E-state index < -0.39 is 30.3 Å². The van der Waals surface area contributed by atoms with E-state index in [9.17, 15) is 30.0 Å². The summed E-state index contributed by atoms with van der Waals surface area (Å²) in [5.41, 5.74) is 11.2. The predicted molar refractivity (Wildman–Crippen MR) is 218 cm³/mol. The second-order valence-corrected chi connectivity index (χ2v) is 15.3. The number of aliphatic hydroxyl groups is 4. The minimum absolute atomic E-state index is 0.209. The van der Waals surface area contributed by atoms with Gasteiger partial charge in [-0.15, -0.1) is 0 Å². The normalized spacial score (nSPS) is 14.0. The lowest BCUT2D eigenvalue weighted by Crippen LogP contribution is -2.50. The molecular weight excluding hydrogens is 672 g/mol. The topological polar surface area (TPSA) is 215 Å². The zero-order valence-corrected chi connectivity index (χ0v) is 34.0.